The topological polar surface area (TPSA) is 14.1 Å². The molecule has 1 saturated carbocycles. The molecule has 0 aromatic heterocycles. The lowest BCUT2D eigenvalue weighted by Crippen LogP contribution is -2.11. The molecule has 0 amide bonds. The standard InChI is InChI=1S/C15H24N/c1-13-11-12-16-15(13)14-9-7-5-3-2-4-6-8-10-14/h11-12,14H,2-10H2,1H3. The highest BCUT2D eigenvalue weighted by molar-refractivity contribution is 5.30. The van der Waals surface area contributed by atoms with Crippen molar-refractivity contribution in [2.45, 2.75) is 64.7 Å². The van der Waals surface area contributed by atoms with Gasteiger partial charge in [-0.05, 0) is 31.4 Å². The maximum absolute atomic E-state index is 4.57. The zero-order valence-corrected chi connectivity index (χ0v) is 10.5. The van der Waals surface area contributed by atoms with E-state index in [1.165, 1.54) is 69.1 Å². The van der Waals surface area contributed by atoms with Gasteiger partial charge < -0.3 is 0 Å². The average Bonchev–Trinajstić information content (AvgIpc) is 2.72. The van der Waals surface area contributed by atoms with Crippen LogP contribution in [0.2, 0.25) is 0 Å². The summed E-state index contributed by atoms with van der Waals surface area (Å²) in [6.07, 6.45) is 16.9. The summed E-state index contributed by atoms with van der Waals surface area (Å²) in [7, 11) is 0. The molecule has 0 aromatic rings. The highest BCUT2D eigenvalue weighted by Gasteiger charge is 2.19. The summed E-state index contributed by atoms with van der Waals surface area (Å²) in [6.45, 7) is 2.21. The van der Waals surface area contributed by atoms with Crippen molar-refractivity contribution in [3.8, 4) is 0 Å². The molecule has 1 aliphatic carbocycles. The molecule has 1 heteroatoms. The fourth-order valence-corrected chi connectivity index (χ4v) is 2.93. The van der Waals surface area contributed by atoms with Crippen molar-refractivity contribution in [1.82, 2.24) is 5.32 Å². The summed E-state index contributed by atoms with van der Waals surface area (Å²) in [5.74, 6) is 0.744. The van der Waals surface area contributed by atoms with Gasteiger partial charge in [-0.25, -0.2) is 0 Å². The average molecular weight is 218 g/mol. The van der Waals surface area contributed by atoms with Crippen molar-refractivity contribution >= 4 is 0 Å². The highest BCUT2D eigenvalue weighted by Crippen LogP contribution is 2.30. The summed E-state index contributed by atoms with van der Waals surface area (Å²) < 4.78 is 0. The van der Waals surface area contributed by atoms with Crippen molar-refractivity contribution < 1.29 is 0 Å². The summed E-state index contributed by atoms with van der Waals surface area (Å²) in [5, 5.41) is 4.57. The first-order valence-electron chi connectivity index (χ1n) is 6.96. The van der Waals surface area contributed by atoms with Gasteiger partial charge in [0.1, 0.15) is 0 Å². The lowest BCUT2D eigenvalue weighted by atomic mass is 9.89. The van der Waals surface area contributed by atoms with Gasteiger partial charge >= 0.3 is 0 Å². The van der Waals surface area contributed by atoms with Gasteiger partial charge in [-0.15, -0.1) is 0 Å². The molecule has 0 N–H and O–H groups in total. The second-order valence-corrected chi connectivity index (χ2v) is 5.26. The van der Waals surface area contributed by atoms with Crippen molar-refractivity contribution in [1.29, 1.82) is 0 Å². The minimum Gasteiger partial charge on any atom is -0.261 e. The Kier molecular flexibility index (Phi) is 4.50. The summed E-state index contributed by atoms with van der Waals surface area (Å²) in [4.78, 5) is 0. The fourth-order valence-electron chi connectivity index (χ4n) is 2.93. The molecule has 1 heterocycles. The first-order chi connectivity index (χ1) is 7.88. The van der Waals surface area contributed by atoms with Gasteiger partial charge in [0.05, 0.1) is 0 Å². The monoisotopic (exact) mass is 218 g/mol. The molecule has 0 spiro atoms. The molecular formula is C15H24N. The molecule has 2 aliphatic rings. The van der Waals surface area contributed by atoms with Crippen molar-refractivity contribution in [2.24, 2.45) is 5.92 Å². The van der Waals surface area contributed by atoms with Gasteiger partial charge in [0, 0.05) is 17.8 Å². The molecule has 1 radical (unpaired) electrons. The third-order valence-corrected chi connectivity index (χ3v) is 3.93. The molecule has 2 rings (SSSR count). The number of hydrogen-bond donors (Lipinski definition) is 0. The molecular weight excluding hydrogens is 194 g/mol. The van der Waals surface area contributed by atoms with Crippen LogP contribution in [0.3, 0.4) is 0 Å². The van der Waals surface area contributed by atoms with Gasteiger partial charge in [0.15, 0.2) is 0 Å². The van der Waals surface area contributed by atoms with Crippen molar-refractivity contribution in [3.05, 3.63) is 23.5 Å². The summed E-state index contributed by atoms with van der Waals surface area (Å²) in [5.41, 5.74) is 2.79. The van der Waals surface area contributed by atoms with E-state index in [0.29, 0.717) is 0 Å². The Morgan fingerprint density at radius 3 is 2.00 bits per heavy atom. The lowest BCUT2D eigenvalue weighted by Gasteiger charge is -2.20. The predicted molar refractivity (Wildman–Crippen MR) is 69.0 cm³/mol. The zero-order chi connectivity index (χ0) is 11.2. The lowest BCUT2D eigenvalue weighted by molar-refractivity contribution is 0.419. The van der Waals surface area contributed by atoms with Crippen LogP contribution in [0, 0.1) is 5.92 Å². The Labute approximate surface area is 100 Å². The Balaban J connectivity index is 1.92. The smallest absolute Gasteiger partial charge is 0.0464 e. The van der Waals surface area contributed by atoms with E-state index < -0.39 is 0 Å². The van der Waals surface area contributed by atoms with Crippen LogP contribution in [-0.4, -0.2) is 0 Å². The second kappa shape index (κ2) is 6.12. The molecule has 1 fully saturated rings. The number of rotatable bonds is 1. The Morgan fingerprint density at radius 2 is 1.50 bits per heavy atom. The van der Waals surface area contributed by atoms with Crippen LogP contribution in [0.5, 0.6) is 0 Å². The minimum atomic E-state index is 0.744. The number of allylic oxidation sites excluding steroid dienone is 3. The van der Waals surface area contributed by atoms with E-state index in [1.807, 2.05) is 6.20 Å². The maximum atomic E-state index is 4.57. The quantitative estimate of drug-likeness (QED) is 0.614. The molecule has 0 aromatic carbocycles. The van der Waals surface area contributed by atoms with E-state index in [2.05, 4.69) is 18.3 Å². The second-order valence-electron chi connectivity index (χ2n) is 5.26. The molecule has 1 nitrogen and oxygen atoms in total. The number of nitrogens with zero attached hydrogens (tertiary/aromatic N) is 1. The molecule has 0 atom stereocenters. The third-order valence-electron chi connectivity index (χ3n) is 3.93. The fraction of sp³-hybridized carbons (Fsp3) is 0.733. The van der Waals surface area contributed by atoms with Crippen LogP contribution in [0.25, 0.3) is 0 Å². The largest absolute Gasteiger partial charge is 0.261 e. The van der Waals surface area contributed by atoms with E-state index in [1.54, 1.807) is 0 Å². The van der Waals surface area contributed by atoms with Crippen LogP contribution in [0.1, 0.15) is 64.7 Å². The Bertz CT molecular complexity index is 265. The van der Waals surface area contributed by atoms with E-state index in [4.69, 9.17) is 0 Å². The predicted octanol–water partition coefficient (Wildman–Crippen LogP) is 4.53. The van der Waals surface area contributed by atoms with Gasteiger partial charge in [0.2, 0.25) is 0 Å². The normalized spacial score (nSPS) is 24.6. The van der Waals surface area contributed by atoms with Crippen LogP contribution < -0.4 is 5.32 Å². The summed E-state index contributed by atoms with van der Waals surface area (Å²) in [6, 6.07) is 0. The maximum Gasteiger partial charge on any atom is 0.0464 e. The molecule has 89 valence electrons. The van der Waals surface area contributed by atoms with E-state index in [0.717, 1.165) is 5.92 Å². The third kappa shape index (κ3) is 3.13. The Hall–Kier alpha value is -0.720. The summed E-state index contributed by atoms with van der Waals surface area (Å²) >= 11 is 0. The van der Waals surface area contributed by atoms with Gasteiger partial charge in [0.25, 0.3) is 0 Å². The first-order valence-corrected chi connectivity index (χ1v) is 6.96. The van der Waals surface area contributed by atoms with Crippen LogP contribution in [-0.2, 0) is 0 Å². The molecule has 0 saturated heterocycles. The van der Waals surface area contributed by atoms with Gasteiger partial charge in [-0.2, -0.15) is 0 Å². The number of hydrogen-bond acceptors (Lipinski definition) is 0. The molecule has 0 bridgehead atoms. The van der Waals surface area contributed by atoms with E-state index >= 15 is 0 Å². The van der Waals surface area contributed by atoms with Crippen molar-refractivity contribution in [3.63, 3.8) is 0 Å². The van der Waals surface area contributed by atoms with E-state index in [-0.39, 0.29) is 0 Å². The van der Waals surface area contributed by atoms with Crippen molar-refractivity contribution in [2.75, 3.05) is 0 Å². The minimum absolute atomic E-state index is 0.744. The highest BCUT2D eigenvalue weighted by atomic mass is 14.9. The Morgan fingerprint density at radius 1 is 0.938 bits per heavy atom. The SMILES string of the molecule is CC1=C(C2CCCCCCCCC2)[N]C=C1. The first kappa shape index (κ1) is 11.8. The molecule has 16 heavy (non-hydrogen) atoms. The molecule has 0 unspecified atom stereocenters. The van der Waals surface area contributed by atoms with Crippen LogP contribution in [0.15, 0.2) is 23.5 Å². The zero-order valence-electron chi connectivity index (χ0n) is 10.5. The van der Waals surface area contributed by atoms with E-state index in [9.17, 15) is 0 Å². The van der Waals surface area contributed by atoms with Gasteiger partial charge in [-0.1, -0.05) is 44.9 Å². The molecule has 1 aliphatic heterocycles. The van der Waals surface area contributed by atoms with Crippen LogP contribution in [0.4, 0.5) is 0 Å². The van der Waals surface area contributed by atoms with Crippen LogP contribution >= 0.6 is 0 Å². The van der Waals surface area contributed by atoms with Gasteiger partial charge in [-0.3, -0.25) is 5.32 Å².